The molecule has 2 N–H and O–H groups in total. The monoisotopic (exact) mass is 362 g/mol. The highest BCUT2D eigenvalue weighted by Gasteiger charge is 2.31. The Balaban J connectivity index is 2.00. The van der Waals surface area contributed by atoms with Crippen LogP contribution in [0.25, 0.3) is 0 Å². The van der Waals surface area contributed by atoms with E-state index in [4.69, 9.17) is 4.74 Å². The molecule has 0 aromatic heterocycles. The Bertz CT molecular complexity index is 806. The summed E-state index contributed by atoms with van der Waals surface area (Å²) in [6.45, 7) is 1.93. The summed E-state index contributed by atoms with van der Waals surface area (Å²) in [7, 11) is 0. The van der Waals surface area contributed by atoms with Crippen molar-refractivity contribution in [3.8, 4) is 5.75 Å². The standard InChI is InChI=1S/C18H19FN2O5/c1-12-9-14(5-8-16(12)21(24)25)20-17(22)18(2,23)11-26-15-6-3-13(10-19)4-7-15/h3-9,23H,10-11H2,1-2H3,(H,20,22). The molecule has 8 heteroatoms. The van der Waals surface area contributed by atoms with Crippen molar-refractivity contribution in [2.75, 3.05) is 11.9 Å². The van der Waals surface area contributed by atoms with Gasteiger partial charge in [0.05, 0.1) is 4.92 Å². The number of rotatable bonds is 7. The first kappa shape index (κ1) is 19.3. The summed E-state index contributed by atoms with van der Waals surface area (Å²) >= 11 is 0. The van der Waals surface area contributed by atoms with Gasteiger partial charge in [0.25, 0.3) is 11.6 Å². The molecule has 1 amide bonds. The predicted molar refractivity (Wildman–Crippen MR) is 93.8 cm³/mol. The number of alkyl halides is 1. The maximum Gasteiger partial charge on any atom is 0.272 e. The Hall–Kier alpha value is -3.00. The first-order valence-corrected chi connectivity index (χ1v) is 7.79. The fraction of sp³-hybridized carbons (Fsp3) is 0.278. The largest absolute Gasteiger partial charge is 0.490 e. The van der Waals surface area contributed by atoms with E-state index in [2.05, 4.69) is 5.32 Å². The molecule has 1 atom stereocenters. The van der Waals surface area contributed by atoms with Crippen molar-refractivity contribution in [3.63, 3.8) is 0 Å². The van der Waals surface area contributed by atoms with Gasteiger partial charge in [-0.3, -0.25) is 14.9 Å². The van der Waals surface area contributed by atoms with Crippen LogP contribution in [0.5, 0.6) is 5.75 Å². The van der Waals surface area contributed by atoms with Gasteiger partial charge in [-0.1, -0.05) is 12.1 Å². The Kier molecular flexibility index (Phi) is 5.89. The van der Waals surface area contributed by atoms with E-state index in [1.807, 2.05) is 0 Å². The van der Waals surface area contributed by atoms with Crippen LogP contribution in [-0.2, 0) is 11.5 Å². The number of benzene rings is 2. The Labute approximate surface area is 149 Å². The van der Waals surface area contributed by atoms with Gasteiger partial charge in [0.15, 0.2) is 5.60 Å². The average Bonchev–Trinajstić information content (AvgIpc) is 2.60. The quantitative estimate of drug-likeness (QED) is 0.582. The number of aryl methyl sites for hydroxylation is 1. The zero-order chi connectivity index (χ0) is 19.3. The van der Waals surface area contributed by atoms with Crippen LogP contribution < -0.4 is 10.1 Å². The summed E-state index contributed by atoms with van der Waals surface area (Å²) in [5.41, 5.74) is -0.693. The van der Waals surface area contributed by atoms with Crippen LogP contribution in [-0.4, -0.2) is 28.1 Å². The molecule has 0 heterocycles. The maximum absolute atomic E-state index is 12.5. The molecule has 0 saturated heterocycles. The van der Waals surface area contributed by atoms with Crippen molar-refractivity contribution in [1.82, 2.24) is 0 Å². The molecule has 26 heavy (non-hydrogen) atoms. The van der Waals surface area contributed by atoms with Crippen LogP contribution in [0, 0.1) is 17.0 Å². The van der Waals surface area contributed by atoms with Crippen LogP contribution in [0.4, 0.5) is 15.8 Å². The van der Waals surface area contributed by atoms with E-state index in [9.17, 15) is 24.4 Å². The van der Waals surface area contributed by atoms with Crippen LogP contribution >= 0.6 is 0 Å². The fourth-order valence-electron chi connectivity index (χ4n) is 2.17. The molecule has 1 unspecified atom stereocenters. The molecule has 0 aliphatic carbocycles. The lowest BCUT2D eigenvalue weighted by molar-refractivity contribution is -0.385. The molecule has 2 rings (SSSR count). The van der Waals surface area contributed by atoms with Crippen molar-refractivity contribution >= 4 is 17.3 Å². The summed E-state index contributed by atoms with van der Waals surface area (Å²) in [4.78, 5) is 22.6. The second kappa shape index (κ2) is 7.92. The van der Waals surface area contributed by atoms with E-state index >= 15 is 0 Å². The Morgan fingerprint density at radius 1 is 1.31 bits per heavy atom. The van der Waals surface area contributed by atoms with E-state index in [0.717, 1.165) is 0 Å². The van der Waals surface area contributed by atoms with Gasteiger partial charge < -0.3 is 15.2 Å². The highest BCUT2D eigenvalue weighted by molar-refractivity contribution is 5.97. The number of carbonyl (C=O) groups excluding carboxylic acids is 1. The molecule has 0 aliphatic heterocycles. The molecular formula is C18H19FN2O5. The van der Waals surface area contributed by atoms with Crippen LogP contribution in [0.1, 0.15) is 18.1 Å². The number of nitrogens with zero attached hydrogens (tertiary/aromatic N) is 1. The number of aliphatic hydroxyl groups is 1. The molecule has 2 aromatic rings. The maximum atomic E-state index is 12.5. The van der Waals surface area contributed by atoms with E-state index in [0.29, 0.717) is 22.6 Å². The van der Waals surface area contributed by atoms with Crippen molar-refractivity contribution in [2.45, 2.75) is 26.1 Å². The van der Waals surface area contributed by atoms with Gasteiger partial charge in [-0.15, -0.1) is 0 Å². The summed E-state index contributed by atoms with van der Waals surface area (Å²) < 4.78 is 17.9. The number of halogens is 1. The number of carbonyl (C=O) groups is 1. The number of nitrogens with one attached hydrogen (secondary N) is 1. The number of hydrogen-bond acceptors (Lipinski definition) is 5. The normalized spacial score (nSPS) is 12.9. The zero-order valence-electron chi connectivity index (χ0n) is 14.4. The van der Waals surface area contributed by atoms with E-state index < -0.39 is 23.1 Å². The van der Waals surface area contributed by atoms with Gasteiger partial charge in [0.2, 0.25) is 0 Å². The summed E-state index contributed by atoms with van der Waals surface area (Å²) in [5.74, 6) is -0.326. The third-order valence-electron chi connectivity index (χ3n) is 3.74. The first-order valence-electron chi connectivity index (χ1n) is 7.79. The minimum Gasteiger partial charge on any atom is -0.490 e. The van der Waals surface area contributed by atoms with Gasteiger partial charge in [0.1, 0.15) is 19.0 Å². The second-order valence-corrected chi connectivity index (χ2v) is 6.05. The summed E-state index contributed by atoms with van der Waals surface area (Å²) in [6, 6.07) is 10.3. The molecule has 7 nitrogen and oxygen atoms in total. The average molecular weight is 362 g/mol. The number of nitro benzene ring substituents is 1. The lowest BCUT2D eigenvalue weighted by Gasteiger charge is -2.22. The molecular weight excluding hydrogens is 343 g/mol. The minimum atomic E-state index is -1.84. The van der Waals surface area contributed by atoms with Crippen molar-refractivity contribution < 1.29 is 24.0 Å². The van der Waals surface area contributed by atoms with E-state index in [1.54, 1.807) is 31.2 Å². The van der Waals surface area contributed by atoms with Gasteiger partial charge in [-0.05, 0) is 43.7 Å². The number of nitro groups is 1. The molecule has 0 saturated carbocycles. The third-order valence-corrected chi connectivity index (χ3v) is 3.74. The topological polar surface area (TPSA) is 102 Å². The highest BCUT2D eigenvalue weighted by Crippen LogP contribution is 2.22. The van der Waals surface area contributed by atoms with E-state index in [-0.39, 0.29) is 12.3 Å². The minimum absolute atomic E-state index is 0.0604. The van der Waals surface area contributed by atoms with Crippen molar-refractivity contribution in [3.05, 3.63) is 63.7 Å². The van der Waals surface area contributed by atoms with Crippen LogP contribution in [0.2, 0.25) is 0 Å². The van der Waals surface area contributed by atoms with Gasteiger partial charge >= 0.3 is 0 Å². The third kappa shape index (κ3) is 4.76. The second-order valence-electron chi connectivity index (χ2n) is 6.05. The van der Waals surface area contributed by atoms with Gasteiger partial charge in [-0.25, -0.2) is 4.39 Å². The molecule has 0 bridgehead atoms. The van der Waals surface area contributed by atoms with Crippen LogP contribution in [0.15, 0.2) is 42.5 Å². The molecule has 0 spiro atoms. The Morgan fingerprint density at radius 3 is 2.50 bits per heavy atom. The number of ether oxygens (including phenoxy) is 1. The highest BCUT2D eigenvalue weighted by atomic mass is 19.1. The first-order chi connectivity index (χ1) is 12.2. The molecule has 0 aliphatic rings. The Morgan fingerprint density at radius 2 is 1.96 bits per heavy atom. The molecule has 2 aromatic carbocycles. The number of amides is 1. The SMILES string of the molecule is Cc1cc(NC(=O)C(C)(O)COc2ccc(CF)cc2)ccc1[N+](=O)[O-]. The molecule has 138 valence electrons. The van der Waals surface area contributed by atoms with E-state index in [1.165, 1.54) is 25.1 Å². The summed E-state index contributed by atoms with van der Waals surface area (Å²) in [5, 5.41) is 23.6. The van der Waals surface area contributed by atoms with Crippen molar-refractivity contribution in [1.29, 1.82) is 0 Å². The smallest absolute Gasteiger partial charge is 0.272 e. The molecule has 0 radical (unpaired) electrons. The number of hydrogen-bond donors (Lipinski definition) is 2. The van der Waals surface area contributed by atoms with Crippen molar-refractivity contribution in [2.24, 2.45) is 0 Å². The fourth-order valence-corrected chi connectivity index (χ4v) is 2.17. The lowest BCUT2D eigenvalue weighted by Crippen LogP contribution is -2.45. The number of anilines is 1. The van der Waals surface area contributed by atoms with Gasteiger partial charge in [-0.2, -0.15) is 0 Å². The lowest BCUT2D eigenvalue weighted by atomic mass is 10.1. The predicted octanol–water partition coefficient (Wildman–Crippen LogP) is 3.14. The summed E-state index contributed by atoms with van der Waals surface area (Å²) in [6.07, 6.45) is 0. The zero-order valence-corrected chi connectivity index (χ0v) is 14.4. The van der Waals surface area contributed by atoms with Crippen LogP contribution in [0.3, 0.4) is 0 Å². The molecule has 0 fully saturated rings. The van der Waals surface area contributed by atoms with Gasteiger partial charge in [0, 0.05) is 17.3 Å².